The summed E-state index contributed by atoms with van der Waals surface area (Å²) in [6, 6.07) is 5.95. The van der Waals surface area contributed by atoms with Gasteiger partial charge in [0.2, 0.25) is 0 Å². The van der Waals surface area contributed by atoms with Gasteiger partial charge in [-0.2, -0.15) is 0 Å². The summed E-state index contributed by atoms with van der Waals surface area (Å²) in [5.74, 6) is 1.43. The van der Waals surface area contributed by atoms with Crippen LogP contribution in [0.5, 0.6) is 11.5 Å². The van der Waals surface area contributed by atoms with Gasteiger partial charge in [0.15, 0.2) is 11.5 Å². The van der Waals surface area contributed by atoms with Gasteiger partial charge >= 0.3 is 0 Å². The maximum atomic E-state index is 5.35. The van der Waals surface area contributed by atoms with Gasteiger partial charge in [0, 0.05) is 13.8 Å². The zero-order valence-corrected chi connectivity index (χ0v) is 15.8. The number of benzene rings is 1. The molecule has 0 aliphatic carbocycles. The van der Waals surface area contributed by atoms with E-state index in [4.69, 9.17) is 9.47 Å². The Bertz CT molecular complexity index is 583. The van der Waals surface area contributed by atoms with Gasteiger partial charge < -0.3 is 9.47 Å². The molecule has 1 aromatic carbocycles. The van der Waals surface area contributed by atoms with Crippen LogP contribution in [0.25, 0.3) is 0 Å². The van der Waals surface area contributed by atoms with Gasteiger partial charge in [0.05, 0.1) is 19.0 Å². The summed E-state index contributed by atoms with van der Waals surface area (Å²) in [4.78, 5) is 1.31. The molecule has 1 heterocycles. The van der Waals surface area contributed by atoms with Gasteiger partial charge in [0.25, 0.3) is 0 Å². The second-order valence-corrected chi connectivity index (χ2v) is 7.30. The van der Waals surface area contributed by atoms with E-state index in [9.17, 15) is 0 Å². The normalized spacial score (nSPS) is 12.3. The predicted molar refractivity (Wildman–Crippen MR) is 90.0 cm³/mol. The lowest BCUT2D eigenvalue weighted by Gasteiger charge is -2.15. The molecule has 0 saturated heterocycles. The fourth-order valence-corrected chi connectivity index (χ4v) is 5.40. The molecule has 0 aliphatic rings. The zero-order valence-electron chi connectivity index (χ0n) is 10.2. The summed E-state index contributed by atoms with van der Waals surface area (Å²) in [6.07, 6.45) is 0. The van der Waals surface area contributed by atoms with Gasteiger partial charge in [-0.25, -0.2) is 0 Å². The van der Waals surface area contributed by atoms with Crippen LogP contribution in [0, 0.1) is 0 Å². The molecule has 2 aromatic rings. The van der Waals surface area contributed by atoms with E-state index in [0.29, 0.717) is 5.75 Å². The van der Waals surface area contributed by atoms with Crippen molar-refractivity contribution >= 4 is 59.1 Å². The van der Waals surface area contributed by atoms with Crippen molar-refractivity contribution in [1.29, 1.82) is 0 Å². The smallest absolute Gasteiger partial charge is 0.161 e. The zero-order chi connectivity index (χ0) is 14.0. The maximum absolute atomic E-state index is 5.35. The highest BCUT2D eigenvalue weighted by atomic mass is 79.9. The highest BCUT2D eigenvalue weighted by Crippen LogP contribution is 2.44. The molecule has 0 fully saturated rings. The fraction of sp³-hybridized carbons (Fsp3) is 0.231. The summed E-state index contributed by atoms with van der Waals surface area (Å²) < 4.78 is 12.7. The van der Waals surface area contributed by atoms with Crippen LogP contribution in [0.1, 0.15) is 15.3 Å². The van der Waals surface area contributed by atoms with Crippen LogP contribution in [-0.4, -0.2) is 14.2 Å². The Balaban J connectivity index is 2.48. The minimum Gasteiger partial charge on any atom is -0.493 e. The molecular weight excluding hydrogens is 460 g/mol. The Morgan fingerprint density at radius 2 is 1.68 bits per heavy atom. The molecule has 0 bridgehead atoms. The van der Waals surface area contributed by atoms with Crippen LogP contribution in [0.15, 0.2) is 32.5 Å². The van der Waals surface area contributed by atoms with E-state index in [1.165, 1.54) is 4.88 Å². The van der Waals surface area contributed by atoms with Crippen LogP contribution in [0.2, 0.25) is 0 Å². The number of methoxy groups -OCH3 is 2. The molecule has 0 N–H and O–H groups in total. The number of thiophene rings is 1. The largest absolute Gasteiger partial charge is 0.493 e. The molecule has 0 radical (unpaired) electrons. The highest BCUT2D eigenvalue weighted by Gasteiger charge is 2.20. The SMILES string of the molecule is COc1cc(Br)c(C(Br)c2sccc2Br)cc1OC. The summed E-state index contributed by atoms with van der Waals surface area (Å²) in [5.41, 5.74) is 1.10. The molecule has 0 amide bonds. The van der Waals surface area contributed by atoms with Crippen molar-refractivity contribution in [1.82, 2.24) is 0 Å². The Hall–Kier alpha value is -0.0400. The van der Waals surface area contributed by atoms with Crippen molar-refractivity contribution in [3.8, 4) is 11.5 Å². The van der Waals surface area contributed by atoms with Gasteiger partial charge in [-0.05, 0) is 45.1 Å². The first-order chi connectivity index (χ1) is 9.08. The molecule has 1 unspecified atom stereocenters. The Kier molecular flexibility index (Phi) is 5.34. The van der Waals surface area contributed by atoms with Crippen LogP contribution in [-0.2, 0) is 0 Å². The molecule has 0 spiro atoms. The van der Waals surface area contributed by atoms with E-state index in [1.807, 2.05) is 18.2 Å². The highest BCUT2D eigenvalue weighted by molar-refractivity contribution is 9.11. The molecule has 6 heteroatoms. The average molecular weight is 471 g/mol. The third-order valence-electron chi connectivity index (χ3n) is 2.65. The number of halogens is 3. The van der Waals surface area contributed by atoms with E-state index >= 15 is 0 Å². The van der Waals surface area contributed by atoms with E-state index in [1.54, 1.807) is 25.6 Å². The molecular formula is C13H11Br3O2S. The molecule has 102 valence electrons. The maximum Gasteiger partial charge on any atom is 0.161 e. The number of hydrogen-bond donors (Lipinski definition) is 0. The number of hydrogen-bond acceptors (Lipinski definition) is 3. The summed E-state index contributed by atoms with van der Waals surface area (Å²) in [5, 5.41) is 2.06. The van der Waals surface area contributed by atoms with Crippen LogP contribution < -0.4 is 9.47 Å². The Morgan fingerprint density at radius 3 is 2.21 bits per heavy atom. The van der Waals surface area contributed by atoms with Crippen LogP contribution in [0.3, 0.4) is 0 Å². The van der Waals surface area contributed by atoms with Crippen molar-refractivity contribution in [2.75, 3.05) is 14.2 Å². The first kappa shape index (κ1) is 15.4. The van der Waals surface area contributed by atoms with Crippen molar-refractivity contribution in [3.05, 3.63) is 43.0 Å². The Morgan fingerprint density at radius 1 is 1.05 bits per heavy atom. The van der Waals surface area contributed by atoms with E-state index in [2.05, 4.69) is 53.2 Å². The van der Waals surface area contributed by atoms with Crippen molar-refractivity contribution in [2.45, 2.75) is 4.83 Å². The van der Waals surface area contributed by atoms with E-state index in [0.717, 1.165) is 20.3 Å². The number of ether oxygens (including phenoxy) is 2. The summed E-state index contributed by atoms with van der Waals surface area (Å²) >= 11 is 12.6. The fourth-order valence-electron chi connectivity index (χ4n) is 1.69. The van der Waals surface area contributed by atoms with Gasteiger partial charge in [-0.15, -0.1) is 11.3 Å². The molecule has 19 heavy (non-hydrogen) atoms. The predicted octanol–water partition coefficient (Wildman–Crippen LogP) is 5.77. The van der Waals surface area contributed by atoms with Crippen molar-refractivity contribution < 1.29 is 9.47 Å². The third-order valence-corrected chi connectivity index (χ3v) is 6.53. The number of alkyl halides is 1. The van der Waals surface area contributed by atoms with E-state index in [-0.39, 0.29) is 4.83 Å². The molecule has 1 atom stereocenters. The first-order valence-electron chi connectivity index (χ1n) is 5.36. The lowest BCUT2D eigenvalue weighted by molar-refractivity contribution is 0.354. The van der Waals surface area contributed by atoms with Crippen LogP contribution in [0.4, 0.5) is 0 Å². The third kappa shape index (κ3) is 3.17. The standard InChI is InChI=1S/C13H11Br3O2S/c1-17-10-5-7(9(15)6-11(10)18-2)12(16)13-8(14)3-4-19-13/h3-6,12H,1-2H3. The number of rotatable bonds is 4. The van der Waals surface area contributed by atoms with E-state index < -0.39 is 0 Å². The minimum absolute atomic E-state index is 0.0936. The Labute approximate surface area is 141 Å². The van der Waals surface area contributed by atoms with Gasteiger partial charge in [-0.3, -0.25) is 0 Å². The second kappa shape index (κ2) is 6.61. The van der Waals surface area contributed by atoms with Gasteiger partial charge in [-0.1, -0.05) is 31.9 Å². The summed E-state index contributed by atoms with van der Waals surface area (Å²) in [7, 11) is 3.27. The van der Waals surface area contributed by atoms with Crippen molar-refractivity contribution in [2.24, 2.45) is 0 Å². The van der Waals surface area contributed by atoms with Gasteiger partial charge in [0.1, 0.15) is 0 Å². The quantitative estimate of drug-likeness (QED) is 0.528. The monoisotopic (exact) mass is 468 g/mol. The van der Waals surface area contributed by atoms with Crippen LogP contribution >= 0.6 is 59.1 Å². The summed E-state index contributed by atoms with van der Waals surface area (Å²) in [6.45, 7) is 0. The topological polar surface area (TPSA) is 18.5 Å². The second-order valence-electron chi connectivity index (χ2n) is 3.72. The molecule has 0 saturated carbocycles. The lowest BCUT2D eigenvalue weighted by atomic mass is 10.1. The van der Waals surface area contributed by atoms with Crippen molar-refractivity contribution in [3.63, 3.8) is 0 Å². The average Bonchev–Trinajstić information content (AvgIpc) is 2.83. The lowest BCUT2D eigenvalue weighted by Crippen LogP contribution is -1.97. The molecule has 0 aliphatic heterocycles. The minimum atomic E-state index is 0.0936. The molecule has 2 rings (SSSR count). The molecule has 1 aromatic heterocycles. The first-order valence-corrected chi connectivity index (χ1v) is 8.75. The molecule has 2 nitrogen and oxygen atoms in total.